The summed E-state index contributed by atoms with van der Waals surface area (Å²) < 4.78 is 5.24. The Morgan fingerprint density at radius 2 is 1.76 bits per heavy atom. The van der Waals surface area contributed by atoms with Crippen molar-refractivity contribution in [2.24, 2.45) is 0 Å². The van der Waals surface area contributed by atoms with Crippen LogP contribution in [0.4, 0.5) is 11.6 Å². The molecule has 2 heterocycles. The Balaban J connectivity index is 2.34. The number of rotatable bonds is 2. The lowest BCUT2D eigenvalue weighted by Crippen LogP contribution is -2.37. The van der Waals surface area contributed by atoms with E-state index in [-0.39, 0.29) is 5.69 Å². The predicted octanol–water partition coefficient (Wildman–Crippen LogP) is 0.838. The molecule has 1 aliphatic rings. The molecule has 0 aromatic carbocycles. The molecule has 0 saturated carbocycles. The molecule has 92 valence electrons. The van der Waals surface area contributed by atoms with Gasteiger partial charge in [-0.05, 0) is 13.8 Å². The fourth-order valence-corrected chi connectivity index (χ4v) is 1.86. The van der Waals surface area contributed by atoms with Crippen molar-refractivity contribution >= 4 is 11.6 Å². The third-order valence-corrected chi connectivity index (χ3v) is 2.70. The van der Waals surface area contributed by atoms with Gasteiger partial charge in [-0.25, -0.2) is 9.97 Å². The molecule has 7 nitrogen and oxygen atoms in total. The maximum absolute atomic E-state index is 10.8. The van der Waals surface area contributed by atoms with Gasteiger partial charge in [0.2, 0.25) is 5.95 Å². The molecule has 17 heavy (non-hydrogen) atoms. The van der Waals surface area contributed by atoms with Crippen LogP contribution in [0.15, 0.2) is 0 Å². The zero-order valence-corrected chi connectivity index (χ0v) is 9.84. The summed E-state index contributed by atoms with van der Waals surface area (Å²) in [5, 5.41) is 10.8. The average molecular weight is 238 g/mol. The first-order chi connectivity index (χ1) is 8.09. The van der Waals surface area contributed by atoms with Gasteiger partial charge in [0.05, 0.1) is 18.1 Å². The number of morpholine rings is 1. The number of ether oxygens (including phenoxy) is 1. The van der Waals surface area contributed by atoms with Crippen LogP contribution < -0.4 is 4.90 Å². The summed E-state index contributed by atoms with van der Waals surface area (Å²) >= 11 is 0. The Morgan fingerprint density at radius 3 is 2.24 bits per heavy atom. The van der Waals surface area contributed by atoms with E-state index in [2.05, 4.69) is 9.97 Å². The lowest BCUT2D eigenvalue weighted by Gasteiger charge is -2.27. The van der Waals surface area contributed by atoms with E-state index in [1.807, 2.05) is 4.90 Å². The quantitative estimate of drug-likeness (QED) is 0.561. The molecule has 1 fully saturated rings. The molecule has 1 aromatic heterocycles. The van der Waals surface area contributed by atoms with E-state index >= 15 is 0 Å². The topological polar surface area (TPSA) is 81.4 Å². The van der Waals surface area contributed by atoms with Gasteiger partial charge in [0, 0.05) is 13.1 Å². The van der Waals surface area contributed by atoms with Crippen LogP contribution in [0.1, 0.15) is 11.4 Å². The minimum atomic E-state index is -0.437. The standard InChI is InChI=1S/C10H14N4O3/c1-7-9(14(15)16)8(2)12-10(11-7)13-3-5-17-6-4-13/h3-6H2,1-2H3. The molecule has 1 aromatic rings. The summed E-state index contributed by atoms with van der Waals surface area (Å²) in [6.07, 6.45) is 0. The fraction of sp³-hybridized carbons (Fsp3) is 0.600. The van der Waals surface area contributed by atoms with Gasteiger partial charge in [-0.3, -0.25) is 10.1 Å². The average Bonchev–Trinajstić information content (AvgIpc) is 2.28. The summed E-state index contributed by atoms with van der Waals surface area (Å²) in [5.74, 6) is 0.550. The molecule has 0 radical (unpaired) electrons. The van der Waals surface area contributed by atoms with Crippen LogP contribution in [-0.4, -0.2) is 41.2 Å². The maximum atomic E-state index is 10.8. The molecular weight excluding hydrogens is 224 g/mol. The van der Waals surface area contributed by atoms with Crippen LogP contribution in [0, 0.1) is 24.0 Å². The van der Waals surface area contributed by atoms with Crippen molar-refractivity contribution in [3.8, 4) is 0 Å². The molecule has 0 N–H and O–H groups in total. The van der Waals surface area contributed by atoms with Crippen molar-refractivity contribution in [1.82, 2.24) is 9.97 Å². The summed E-state index contributed by atoms with van der Waals surface area (Å²) in [4.78, 5) is 20.8. The van der Waals surface area contributed by atoms with Crippen LogP contribution in [0.3, 0.4) is 0 Å². The van der Waals surface area contributed by atoms with E-state index in [0.717, 1.165) is 13.1 Å². The van der Waals surface area contributed by atoms with Crippen molar-refractivity contribution in [3.05, 3.63) is 21.5 Å². The maximum Gasteiger partial charge on any atom is 0.311 e. The molecular formula is C10H14N4O3. The van der Waals surface area contributed by atoms with Gasteiger partial charge in [0.15, 0.2) is 0 Å². The highest BCUT2D eigenvalue weighted by molar-refractivity contribution is 5.45. The Kier molecular flexibility index (Phi) is 3.19. The van der Waals surface area contributed by atoms with Gasteiger partial charge in [-0.1, -0.05) is 0 Å². The van der Waals surface area contributed by atoms with E-state index in [9.17, 15) is 10.1 Å². The van der Waals surface area contributed by atoms with Gasteiger partial charge >= 0.3 is 5.69 Å². The number of nitrogens with zero attached hydrogens (tertiary/aromatic N) is 4. The molecule has 1 saturated heterocycles. The predicted molar refractivity (Wildman–Crippen MR) is 61.2 cm³/mol. The van der Waals surface area contributed by atoms with Crippen molar-refractivity contribution in [3.63, 3.8) is 0 Å². The number of hydrogen-bond donors (Lipinski definition) is 0. The van der Waals surface area contributed by atoms with Crippen molar-refractivity contribution < 1.29 is 9.66 Å². The summed E-state index contributed by atoms with van der Waals surface area (Å²) in [6.45, 7) is 5.98. The lowest BCUT2D eigenvalue weighted by molar-refractivity contribution is -0.386. The second kappa shape index (κ2) is 4.62. The van der Waals surface area contributed by atoms with Gasteiger partial charge < -0.3 is 9.64 Å². The highest BCUT2D eigenvalue weighted by atomic mass is 16.6. The SMILES string of the molecule is Cc1nc(N2CCOCC2)nc(C)c1[N+](=O)[O-]. The van der Waals surface area contributed by atoms with E-state index in [1.165, 1.54) is 0 Å². The molecule has 0 unspecified atom stereocenters. The van der Waals surface area contributed by atoms with Crippen molar-refractivity contribution in [2.45, 2.75) is 13.8 Å². The van der Waals surface area contributed by atoms with Crippen LogP contribution >= 0.6 is 0 Å². The highest BCUT2D eigenvalue weighted by Crippen LogP contribution is 2.22. The van der Waals surface area contributed by atoms with E-state index in [4.69, 9.17) is 4.74 Å². The monoisotopic (exact) mass is 238 g/mol. The first-order valence-corrected chi connectivity index (χ1v) is 5.42. The molecule has 2 rings (SSSR count). The molecule has 7 heteroatoms. The highest BCUT2D eigenvalue weighted by Gasteiger charge is 2.21. The summed E-state index contributed by atoms with van der Waals surface area (Å²) in [7, 11) is 0. The molecule has 0 bridgehead atoms. The fourth-order valence-electron chi connectivity index (χ4n) is 1.86. The Morgan fingerprint density at radius 1 is 1.24 bits per heavy atom. The van der Waals surface area contributed by atoms with E-state index in [0.29, 0.717) is 30.5 Å². The van der Waals surface area contributed by atoms with E-state index in [1.54, 1.807) is 13.8 Å². The van der Waals surface area contributed by atoms with Crippen LogP contribution in [0.2, 0.25) is 0 Å². The van der Waals surface area contributed by atoms with Gasteiger partial charge in [-0.15, -0.1) is 0 Å². The molecule has 0 spiro atoms. The lowest BCUT2D eigenvalue weighted by atomic mass is 10.3. The Hall–Kier alpha value is -1.76. The number of anilines is 1. The zero-order valence-electron chi connectivity index (χ0n) is 9.84. The number of nitro groups is 1. The third-order valence-electron chi connectivity index (χ3n) is 2.70. The first kappa shape index (κ1) is 11.7. The van der Waals surface area contributed by atoms with Crippen LogP contribution in [-0.2, 0) is 4.74 Å². The smallest absolute Gasteiger partial charge is 0.311 e. The zero-order chi connectivity index (χ0) is 12.4. The van der Waals surface area contributed by atoms with Gasteiger partial charge in [0.25, 0.3) is 0 Å². The largest absolute Gasteiger partial charge is 0.378 e. The molecule has 0 atom stereocenters. The summed E-state index contributed by atoms with van der Waals surface area (Å²) in [6, 6.07) is 0. The second-order valence-corrected chi connectivity index (χ2v) is 3.90. The van der Waals surface area contributed by atoms with Crippen molar-refractivity contribution in [2.75, 3.05) is 31.2 Å². The third kappa shape index (κ3) is 2.33. The Labute approximate surface area is 98.6 Å². The number of aryl methyl sites for hydroxylation is 2. The summed E-state index contributed by atoms with van der Waals surface area (Å²) in [5.41, 5.74) is 0.815. The minimum absolute atomic E-state index is 0.00186. The molecule has 0 amide bonds. The normalized spacial score (nSPS) is 16.0. The second-order valence-electron chi connectivity index (χ2n) is 3.90. The molecule has 0 aliphatic carbocycles. The van der Waals surface area contributed by atoms with Crippen LogP contribution in [0.25, 0.3) is 0 Å². The number of aromatic nitrogens is 2. The minimum Gasteiger partial charge on any atom is -0.378 e. The molecule has 1 aliphatic heterocycles. The van der Waals surface area contributed by atoms with Crippen molar-refractivity contribution in [1.29, 1.82) is 0 Å². The first-order valence-electron chi connectivity index (χ1n) is 5.42. The number of hydrogen-bond acceptors (Lipinski definition) is 6. The van der Waals surface area contributed by atoms with Gasteiger partial charge in [0.1, 0.15) is 11.4 Å². The Bertz CT molecular complexity index is 420. The van der Waals surface area contributed by atoms with Gasteiger partial charge in [-0.2, -0.15) is 0 Å². The van der Waals surface area contributed by atoms with E-state index < -0.39 is 4.92 Å². The van der Waals surface area contributed by atoms with Crippen LogP contribution in [0.5, 0.6) is 0 Å².